The van der Waals surface area contributed by atoms with Crippen molar-refractivity contribution in [3.05, 3.63) is 60.2 Å². The SMILES string of the molecule is Cl.Cl.O=C(CCc1nc2ccccc2[nH]1)N1CCNCC1c1cccnc1. The zero-order valence-corrected chi connectivity index (χ0v) is 16.4. The molecular formula is C19H23Cl2N5O. The fourth-order valence-electron chi connectivity index (χ4n) is 3.37. The van der Waals surface area contributed by atoms with Crippen LogP contribution in [0.3, 0.4) is 0 Å². The smallest absolute Gasteiger partial charge is 0.223 e. The average molecular weight is 408 g/mol. The molecule has 4 rings (SSSR count). The Balaban J connectivity index is 0.00000131. The van der Waals surface area contributed by atoms with E-state index in [1.54, 1.807) is 6.20 Å². The van der Waals surface area contributed by atoms with Gasteiger partial charge in [-0.05, 0) is 23.8 Å². The van der Waals surface area contributed by atoms with Crippen LogP contribution in [0.2, 0.25) is 0 Å². The maximum Gasteiger partial charge on any atom is 0.223 e. The minimum Gasteiger partial charge on any atom is -0.342 e. The molecule has 1 atom stereocenters. The van der Waals surface area contributed by atoms with Crippen molar-refractivity contribution in [2.45, 2.75) is 18.9 Å². The van der Waals surface area contributed by atoms with E-state index >= 15 is 0 Å². The van der Waals surface area contributed by atoms with Crippen LogP contribution in [0.15, 0.2) is 48.8 Å². The molecule has 2 N–H and O–H groups in total. The first-order valence-electron chi connectivity index (χ1n) is 8.65. The van der Waals surface area contributed by atoms with Crippen molar-refractivity contribution < 1.29 is 4.79 Å². The molecule has 1 fully saturated rings. The molecule has 1 saturated heterocycles. The Bertz CT molecular complexity index is 838. The summed E-state index contributed by atoms with van der Waals surface area (Å²) >= 11 is 0. The molecule has 0 saturated carbocycles. The van der Waals surface area contributed by atoms with Gasteiger partial charge < -0.3 is 15.2 Å². The number of nitrogens with one attached hydrogen (secondary N) is 2. The summed E-state index contributed by atoms with van der Waals surface area (Å²) in [7, 11) is 0. The molecule has 1 amide bonds. The number of aryl methyl sites for hydroxylation is 1. The number of aromatic amines is 1. The van der Waals surface area contributed by atoms with Gasteiger partial charge in [-0.1, -0.05) is 18.2 Å². The van der Waals surface area contributed by atoms with Crippen molar-refractivity contribution in [2.75, 3.05) is 19.6 Å². The van der Waals surface area contributed by atoms with Crippen LogP contribution in [0.4, 0.5) is 0 Å². The Morgan fingerprint density at radius 3 is 2.81 bits per heavy atom. The molecular weight excluding hydrogens is 385 g/mol. The molecule has 0 bridgehead atoms. The van der Waals surface area contributed by atoms with Crippen molar-refractivity contribution in [3.8, 4) is 0 Å². The summed E-state index contributed by atoms with van der Waals surface area (Å²) in [4.78, 5) is 26.8. The summed E-state index contributed by atoms with van der Waals surface area (Å²) in [6.07, 6.45) is 4.68. The van der Waals surface area contributed by atoms with Crippen LogP contribution in [-0.2, 0) is 11.2 Å². The van der Waals surface area contributed by atoms with Crippen molar-refractivity contribution in [1.82, 2.24) is 25.2 Å². The number of fused-ring (bicyclic) bond motifs is 1. The predicted molar refractivity (Wildman–Crippen MR) is 110 cm³/mol. The summed E-state index contributed by atoms with van der Waals surface area (Å²) in [6.45, 7) is 2.31. The topological polar surface area (TPSA) is 73.9 Å². The van der Waals surface area contributed by atoms with Gasteiger partial charge in [0, 0.05) is 44.9 Å². The molecule has 3 aromatic rings. The number of imidazole rings is 1. The van der Waals surface area contributed by atoms with Crippen LogP contribution in [0.1, 0.15) is 23.9 Å². The normalized spacial score (nSPS) is 16.4. The number of aromatic nitrogens is 3. The van der Waals surface area contributed by atoms with E-state index in [9.17, 15) is 4.79 Å². The number of hydrogen-bond acceptors (Lipinski definition) is 4. The number of amides is 1. The second-order valence-electron chi connectivity index (χ2n) is 6.29. The lowest BCUT2D eigenvalue weighted by molar-refractivity contribution is -0.134. The first kappa shape index (κ1) is 21.2. The Kier molecular flexibility index (Phi) is 7.59. The van der Waals surface area contributed by atoms with Gasteiger partial charge in [-0.25, -0.2) is 4.98 Å². The molecule has 1 aliphatic heterocycles. The highest BCUT2D eigenvalue weighted by molar-refractivity contribution is 5.85. The summed E-state index contributed by atoms with van der Waals surface area (Å²) in [5, 5.41) is 3.37. The number of pyridine rings is 1. The van der Waals surface area contributed by atoms with Crippen LogP contribution in [-0.4, -0.2) is 45.4 Å². The number of carbonyl (C=O) groups excluding carboxylic acids is 1. The Morgan fingerprint density at radius 2 is 2.04 bits per heavy atom. The van der Waals surface area contributed by atoms with E-state index in [0.717, 1.165) is 42.1 Å². The number of hydrogen-bond donors (Lipinski definition) is 2. The summed E-state index contributed by atoms with van der Waals surface area (Å²) in [5.41, 5.74) is 3.03. The summed E-state index contributed by atoms with van der Waals surface area (Å²) < 4.78 is 0. The third-order valence-electron chi connectivity index (χ3n) is 4.65. The molecule has 1 unspecified atom stereocenters. The summed E-state index contributed by atoms with van der Waals surface area (Å²) in [6, 6.07) is 11.9. The summed E-state index contributed by atoms with van der Waals surface area (Å²) in [5.74, 6) is 1.03. The van der Waals surface area contributed by atoms with Crippen LogP contribution in [0.25, 0.3) is 11.0 Å². The molecule has 6 nitrogen and oxygen atoms in total. The number of H-pyrrole nitrogens is 1. The molecule has 27 heavy (non-hydrogen) atoms. The van der Waals surface area contributed by atoms with Crippen LogP contribution >= 0.6 is 24.8 Å². The number of rotatable bonds is 4. The fraction of sp³-hybridized carbons (Fsp3) is 0.316. The minimum absolute atomic E-state index is 0. The zero-order valence-electron chi connectivity index (χ0n) is 14.8. The minimum atomic E-state index is 0. The highest BCUT2D eigenvalue weighted by atomic mass is 35.5. The molecule has 0 aliphatic carbocycles. The van der Waals surface area contributed by atoms with E-state index < -0.39 is 0 Å². The van der Waals surface area contributed by atoms with Gasteiger partial charge in [-0.15, -0.1) is 24.8 Å². The van der Waals surface area contributed by atoms with E-state index in [1.807, 2.05) is 47.5 Å². The molecule has 8 heteroatoms. The van der Waals surface area contributed by atoms with Crippen molar-refractivity contribution >= 4 is 41.8 Å². The highest BCUT2D eigenvalue weighted by Gasteiger charge is 2.27. The first-order valence-corrected chi connectivity index (χ1v) is 8.65. The van der Waals surface area contributed by atoms with Crippen molar-refractivity contribution in [2.24, 2.45) is 0 Å². The van der Waals surface area contributed by atoms with E-state index in [0.29, 0.717) is 12.8 Å². The number of carbonyl (C=O) groups is 1. The third kappa shape index (κ3) is 4.77. The van der Waals surface area contributed by atoms with E-state index in [2.05, 4.69) is 20.3 Å². The average Bonchev–Trinajstić information content (AvgIpc) is 3.10. The number of halogens is 2. The monoisotopic (exact) mass is 407 g/mol. The van der Waals surface area contributed by atoms with E-state index in [-0.39, 0.29) is 36.8 Å². The highest BCUT2D eigenvalue weighted by Crippen LogP contribution is 2.22. The fourth-order valence-corrected chi connectivity index (χ4v) is 3.37. The number of para-hydroxylation sites is 2. The third-order valence-corrected chi connectivity index (χ3v) is 4.65. The van der Waals surface area contributed by atoms with Gasteiger partial charge in [0.05, 0.1) is 17.1 Å². The van der Waals surface area contributed by atoms with Gasteiger partial charge in [0.1, 0.15) is 5.82 Å². The van der Waals surface area contributed by atoms with Gasteiger partial charge >= 0.3 is 0 Å². The lowest BCUT2D eigenvalue weighted by Crippen LogP contribution is -2.48. The second kappa shape index (κ2) is 9.69. The lowest BCUT2D eigenvalue weighted by atomic mass is 10.0. The number of benzene rings is 1. The molecule has 2 aromatic heterocycles. The Labute approximate surface area is 170 Å². The Hall–Kier alpha value is -2.15. The van der Waals surface area contributed by atoms with Gasteiger partial charge in [0.2, 0.25) is 5.91 Å². The molecule has 1 aliphatic rings. The van der Waals surface area contributed by atoms with Gasteiger partial charge in [-0.2, -0.15) is 0 Å². The maximum atomic E-state index is 12.8. The number of piperazine rings is 1. The second-order valence-corrected chi connectivity index (χ2v) is 6.29. The zero-order chi connectivity index (χ0) is 17.1. The standard InChI is InChI=1S/C19H21N5O.2ClH/c25-19(8-7-18-22-15-5-1-2-6-16(15)23-18)24-11-10-21-13-17(24)14-4-3-9-20-12-14;;/h1-6,9,12,17,21H,7-8,10-11,13H2,(H,22,23);2*1H. The lowest BCUT2D eigenvalue weighted by Gasteiger charge is -2.36. The van der Waals surface area contributed by atoms with Crippen molar-refractivity contribution in [1.29, 1.82) is 0 Å². The Morgan fingerprint density at radius 1 is 1.19 bits per heavy atom. The molecule has 0 radical (unpaired) electrons. The van der Waals surface area contributed by atoms with Crippen molar-refractivity contribution in [3.63, 3.8) is 0 Å². The molecule has 144 valence electrons. The quantitative estimate of drug-likeness (QED) is 0.696. The molecule has 1 aromatic carbocycles. The van der Waals surface area contributed by atoms with Crippen LogP contribution in [0, 0.1) is 0 Å². The van der Waals surface area contributed by atoms with E-state index in [4.69, 9.17) is 0 Å². The predicted octanol–water partition coefficient (Wildman–Crippen LogP) is 2.91. The first-order chi connectivity index (χ1) is 12.3. The van der Waals surface area contributed by atoms with E-state index in [1.165, 1.54) is 0 Å². The van der Waals surface area contributed by atoms with Crippen LogP contribution < -0.4 is 5.32 Å². The largest absolute Gasteiger partial charge is 0.342 e. The van der Waals surface area contributed by atoms with Gasteiger partial charge in [-0.3, -0.25) is 9.78 Å². The van der Waals surface area contributed by atoms with Crippen LogP contribution in [0.5, 0.6) is 0 Å². The number of nitrogens with zero attached hydrogens (tertiary/aromatic N) is 3. The van der Waals surface area contributed by atoms with Gasteiger partial charge in [0.15, 0.2) is 0 Å². The molecule has 3 heterocycles. The van der Waals surface area contributed by atoms with Gasteiger partial charge in [0.25, 0.3) is 0 Å². The molecule has 0 spiro atoms. The maximum absolute atomic E-state index is 12.8.